The maximum Gasteiger partial charge on any atom is 0.229 e. The molecule has 2 aromatic heterocycles. The number of amides is 1. The van der Waals surface area contributed by atoms with Crippen molar-refractivity contribution in [2.24, 2.45) is 5.92 Å². The van der Waals surface area contributed by atoms with Gasteiger partial charge >= 0.3 is 0 Å². The lowest BCUT2D eigenvalue weighted by atomic mass is 9.87. The summed E-state index contributed by atoms with van der Waals surface area (Å²) < 4.78 is 1.75. The van der Waals surface area contributed by atoms with Crippen LogP contribution in [0.15, 0.2) is 36.4 Å². The van der Waals surface area contributed by atoms with Crippen molar-refractivity contribution in [2.45, 2.75) is 46.0 Å². The molecule has 1 N–H and O–H groups in total. The predicted molar refractivity (Wildman–Crippen MR) is 114 cm³/mol. The number of benzene rings is 1. The number of fused-ring (bicyclic) bond motifs is 1. The monoisotopic (exact) mass is 392 g/mol. The van der Waals surface area contributed by atoms with Gasteiger partial charge in [-0.3, -0.25) is 4.79 Å². The molecule has 1 amide bonds. The molecule has 0 unspecified atom stereocenters. The molecule has 4 rings (SSSR count). The Morgan fingerprint density at radius 1 is 1.10 bits per heavy atom. The minimum absolute atomic E-state index is 0.0643. The highest BCUT2D eigenvalue weighted by atomic mass is 16.1. The Hall–Kier alpha value is -2.96. The van der Waals surface area contributed by atoms with Crippen LogP contribution in [0.2, 0.25) is 0 Å². The van der Waals surface area contributed by atoms with E-state index in [1.165, 1.54) is 5.56 Å². The van der Waals surface area contributed by atoms with E-state index in [0.29, 0.717) is 6.54 Å². The number of piperidine rings is 1. The van der Waals surface area contributed by atoms with Gasteiger partial charge in [0, 0.05) is 18.8 Å². The van der Waals surface area contributed by atoms with Crippen molar-refractivity contribution >= 4 is 23.1 Å². The van der Waals surface area contributed by atoms with Gasteiger partial charge in [0.25, 0.3) is 0 Å². The number of rotatable bonds is 3. The summed E-state index contributed by atoms with van der Waals surface area (Å²) in [4.78, 5) is 15.0. The molecule has 0 saturated carbocycles. The summed E-state index contributed by atoms with van der Waals surface area (Å²) in [6.45, 7) is 9.99. The lowest BCUT2D eigenvalue weighted by Gasteiger charge is -2.32. The zero-order valence-electron chi connectivity index (χ0n) is 17.5. The highest BCUT2D eigenvalue weighted by molar-refractivity contribution is 5.93. The van der Waals surface area contributed by atoms with Crippen molar-refractivity contribution in [2.75, 3.05) is 23.3 Å². The van der Waals surface area contributed by atoms with Crippen LogP contribution < -0.4 is 10.2 Å². The normalized spacial score (nSPS) is 17.5. The molecule has 1 aliphatic heterocycles. The quantitative estimate of drug-likeness (QED) is 0.737. The summed E-state index contributed by atoms with van der Waals surface area (Å²) in [6.07, 6.45) is 1.85. The number of carbonyl (C=O) groups excluding carboxylic acids is 1. The largest absolute Gasteiger partial charge is 0.354 e. The van der Waals surface area contributed by atoms with Crippen molar-refractivity contribution in [1.29, 1.82) is 0 Å². The Morgan fingerprint density at radius 2 is 1.86 bits per heavy atom. The maximum absolute atomic E-state index is 12.9. The van der Waals surface area contributed by atoms with Crippen molar-refractivity contribution in [1.82, 2.24) is 19.8 Å². The summed E-state index contributed by atoms with van der Waals surface area (Å²) in [5.41, 5.74) is 2.94. The summed E-state index contributed by atoms with van der Waals surface area (Å²) in [6, 6.07) is 12.0. The van der Waals surface area contributed by atoms with Gasteiger partial charge in [-0.15, -0.1) is 15.3 Å². The molecule has 0 spiro atoms. The van der Waals surface area contributed by atoms with E-state index in [9.17, 15) is 4.79 Å². The second kappa shape index (κ2) is 7.46. The highest BCUT2D eigenvalue weighted by Gasteiger charge is 2.27. The zero-order chi connectivity index (χ0) is 20.6. The number of hydrogen-bond acceptors (Lipinski definition) is 5. The van der Waals surface area contributed by atoms with Crippen LogP contribution in [0.5, 0.6) is 0 Å². The molecule has 0 bridgehead atoms. The second-order valence-corrected chi connectivity index (χ2v) is 8.81. The third-order valence-corrected chi connectivity index (χ3v) is 5.54. The summed E-state index contributed by atoms with van der Waals surface area (Å²) in [5, 5.41) is 15.9. The molecular weight excluding hydrogens is 364 g/mol. The van der Waals surface area contributed by atoms with Crippen molar-refractivity contribution < 1.29 is 4.79 Å². The van der Waals surface area contributed by atoms with Crippen LogP contribution in [-0.2, 0) is 10.2 Å². The van der Waals surface area contributed by atoms with Gasteiger partial charge in [-0.05, 0) is 55.0 Å². The SMILES string of the molecule is Cc1nnc2ccc(N3CCC[C@H](C(=O)Nc4ccc(C(C)(C)C)cc4)C3)nn12. The Kier molecular flexibility index (Phi) is 4.98. The van der Waals surface area contributed by atoms with Crippen molar-refractivity contribution in [3.63, 3.8) is 0 Å². The Morgan fingerprint density at radius 3 is 2.59 bits per heavy atom. The smallest absolute Gasteiger partial charge is 0.229 e. The Balaban J connectivity index is 1.44. The van der Waals surface area contributed by atoms with E-state index < -0.39 is 0 Å². The average molecular weight is 393 g/mol. The van der Waals surface area contributed by atoms with Crippen LogP contribution >= 0.6 is 0 Å². The lowest BCUT2D eigenvalue weighted by Crippen LogP contribution is -2.41. The molecule has 3 heterocycles. The number of aryl methyl sites for hydroxylation is 1. The Labute approximate surface area is 171 Å². The van der Waals surface area contributed by atoms with Crippen LogP contribution in [0.3, 0.4) is 0 Å². The predicted octanol–water partition coefficient (Wildman–Crippen LogP) is 3.59. The molecule has 7 heteroatoms. The van der Waals surface area contributed by atoms with Gasteiger partial charge in [-0.2, -0.15) is 4.52 Å². The summed E-state index contributed by atoms with van der Waals surface area (Å²) in [7, 11) is 0. The fraction of sp³-hybridized carbons (Fsp3) is 0.455. The van der Waals surface area contributed by atoms with Crippen LogP contribution in [-0.4, -0.2) is 38.8 Å². The third-order valence-electron chi connectivity index (χ3n) is 5.54. The van der Waals surface area contributed by atoms with E-state index in [2.05, 4.69) is 58.4 Å². The third kappa shape index (κ3) is 4.09. The van der Waals surface area contributed by atoms with E-state index in [1.807, 2.05) is 31.2 Å². The molecule has 0 radical (unpaired) electrons. The van der Waals surface area contributed by atoms with Gasteiger partial charge in [0.15, 0.2) is 11.5 Å². The fourth-order valence-corrected chi connectivity index (χ4v) is 3.75. The summed E-state index contributed by atoms with van der Waals surface area (Å²) in [5.74, 6) is 1.62. The Bertz CT molecular complexity index is 1020. The van der Waals surface area contributed by atoms with Crippen LogP contribution in [0.4, 0.5) is 11.5 Å². The van der Waals surface area contributed by atoms with Crippen LogP contribution in [0, 0.1) is 12.8 Å². The van der Waals surface area contributed by atoms with Crippen LogP contribution in [0.25, 0.3) is 5.65 Å². The number of hydrogen-bond donors (Lipinski definition) is 1. The first-order chi connectivity index (χ1) is 13.8. The molecule has 152 valence electrons. The second-order valence-electron chi connectivity index (χ2n) is 8.81. The number of nitrogens with zero attached hydrogens (tertiary/aromatic N) is 5. The number of anilines is 2. The van der Waals surface area contributed by atoms with E-state index in [-0.39, 0.29) is 17.2 Å². The van der Waals surface area contributed by atoms with Crippen molar-refractivity contribution in [3.05, 3.63) is 47.8 Å². The molecule has 1 fully saturated rings. The van der Waals surface area contributed by atoms with Crippen molar-refractivity contribution in [3.8, 4) is 0 Å². The van der Waals surface area contributed by atoms with Gasteiger partial charge in [-0.25, -0.2) is 0 Å². The van der Waals surface area contributed by atoms with E-state index in [4.69, 9.17) is 0 Å². The number of carbonyl (C=O) groups is 1. The molecule has 3 aromatic rings. The van der Waals surface area contributed by atoms with E-state index in [0.717, 1.165) is 42.4 Å². The number of nitrogens with one attached hydrogen (secondary N) is 1. The van der Waals surface area contributed by atoms with E-state index in [1.54, 1.807) is 4.52 Å². The van der Waals surface area contributed by atoms with Crippen LogP contribution in [0.1, 0.15) is 45.0 Å². The molecule has 1 aromatic carbocycles. The lowest BCUT2D eigenvalue weighted by molar-refractivity contribution is -0.120. The molecule has 0 aliphatic carbocycles. The number of aromatic nitrogens is 4. The maximum atomic E-state index is 12.9. The standard InChI is InChI=1S/C22H28N6O/c1-15-24-25-19-11-12-20(26-28(15)19)27-13-5-6-16(14-27)21(29)23-18-9-7-17(8-10-18)22(2,3)4/h7-12,16H,5-6,13-14H2,1-4H3,(H,23,29)/t16-/m0/s1. The van der Waals surface area contributed by atoms with E-state index >= 15 is 0 Å². The first-order valence-electron chi connectivity index (χ1n) is 10.2. The zero-order valence-corrected chi connectivity index (χ0v) is 17.5. The average Bonchev–Trinajstić information content (AvgIpc) is 3.08. The van der Waals surface area contributed by atoms with Gasteiger partial charge in [0.1, 0.15) is 5.82 Å². The molecular formula is C22H28N6O. The molecule has 1 aliphatic rings. The first kappa shape index (κ1) is 19.4. The van der Waals surface area contributed by atoms with Gasteiger partial charge in [-0.1, -0.05) is 32.9 Å². The summed E-state index contributed by atoms with van der Waals surface area (Å²) >= 11 is 0. The van der Waals surface area contributed by atoms with Gasteiger partial charge < -0.3 is 10.2 Å². The first-order valence-corrected chi connectivity index (χ1v) is 10.2. The minimum atomic E-state index is -0.0643. The molecule has 1 saturated heterocycles. The fourth-order valence-electron chi connectivity index (χ4n) is 3.75. The van der Waals surface area contributed by atoms with Gasteiger partial charge in [0.2, 0.25) is 5.91 Å². The molecule has 7 nitrogen and oxygen atoms in total. The molecule has 29 heavy (non-hydrogen) atoms. The highest BCUT2D eigenvalue weighted by Crippen LogP contribution is 2.25. The minimum Gasteiger partial charge on any atom is -0.354 e. The molecule has 1 atom stereocenters. The van der Waals surface area contributed by atoms with Gasteiger partial charge in [0.05, 0.1) is 5.92 Å². The topological polar surface area (TPSA) is 75.4 Å².